The minimum absolute atomic E-state index is 0.0413. The molecule has 0 aliphatic carbocycles. The fourth-order valence-electron chi connectivity index (χ4n) is 2.16. The lowest BCUT2D eigenvalue weighted by molar-refractivity contribution is 0.339. The van der Waals surface area contributed by atoms with Crippen LogP contribution in [-0.2, 0) is 0 Å². The molecule has 0 radical (unpaired) electrons. The van der Waals surface area contributed by atoms with E-state index < -0.39 is 0 Å². The highest BCUT2D eigenvalue weighted by atomic mass is 16.5. The molecule has 0 atom stereocenters. The average Bonchev–Trinajstić information content (AvgIpc) is 2.70. The molecule has 2 rings (SSSR count). The van der Waals surface area contributed by atoms with Crippen molar-refractivity contribution in [3.8, 4) is 11.5 Å². The predicted molar refractivity (Wildman–Crippen MR) is 114 cm³/mol. The molecular formula is C20H24N6O2. The third kappa shape index (κ3) is 6.24. The Labute approximate surface area is 164 Å². The van der Waals surface area contributed by atoms with Gasteiger partial charge in [-0.05, 0) is 38.1 Å². The van der Waals surface area contributed by atoms with Gasteiger partial charge in [0.25, 0.3) is 0 Å². The average molecular weight is 380 g/mol. The van der Waals surface area contributed by atoms with E-state index in [1.165, 1.54) is 12.4 Å². The number of para-hydroxylation sites is 2. The lowest BCUT2D eigenvalue weighted by Crippen LogP contribution is -2.30. The van der Waals surface area contributed by atoms with Crippen molar-refractivity contribution in [2.75, 3.05) is 13.2 Å². The van der Waals surface area contributed by atoms with Crippen molar-refractivity contribution in [1.82, 2.24) is 0 Å². The van der Waals surface area contributed by atoms with Gasteiger partial charge in [-0.3, -0.25) is 0 Å². The number of hydrogen-bond acceptors (Lipinski definition) is 6. The lowest BCUT2D eigenvalue weighted by Gasteiger charge is -2.05. The van der Waals surface area contributed by atoms with Crippen LogP contribution in [0.2, 0.25) is 0 Å². The second kappa shape index (κ2) is 11.1. The van der Waals surface area contributed by atoms with E-state index in [2.05, 4.69) is 20.4 Å². The van der Waals surface area contributed by atoms with Gasteiger partial charge in [0.2, 0.25) is 0 Å². The number of nitrogens with two attached hydrogens (primary N) is 2. The van der Waals surface area contributed by atoms with Gasteiger partial charge in [-0.2, -0.15) is 10.2 Å². The molecule has 8 heteroatoms. The fraction of sp³-hybridized carbons (Fsp3) is 0.200. The van der Waals surface area contributed by atoms with E-state index in [9.17, 15) is 0 Å². The molecule has 2 aromatic carbocycles. The highest BCUT2D eigenvalue weighted by molar-refractivity contribution is 6.39. The number of benzene rings is 2. The lowest BCUT2D eigenvalue weighted by atomic mass is 10.2. The fourth-order valence-corrected chi connectivity index (χ4v) is 2.16. The first-order valence-corrected chi connectivity index (χ1v) is 8.82. The number of ether oxygens (including phenoxy) is 2. The van der Waals surface area contributed by atoms with Crippen LogP contribution in [0, 0.1) is 0 Å². The summed E-state index contributed by atoms with van der Waals surface area (Å²) in [5.41, 5.74) is 13.1. The van der Waals surface area contributed by atoms with Gasteiger partial charge in [-0.1, -0.05) is 24.3 Å². The first-order chi connectivity index (χ1) is 13.7. The van der Waals surface area contributed by atoms with E-state index in [0.717, 1.165) is 11.1 Å². The van der Waals surface area contributed by atoms with E-state index in [0.29, 0.717) is 24.7 Å². The van der Waals surface area contributed by atoms with Crippen LogP contribution in [0.3, 0.4) is 0 Å². The summed E-state index contributed by atoms with van der Waals surface area (Å²) in [6.07, 6.45) is 3.07. The van der Waals surface area contributed by atoms with Crippen molar-refractivity contribution >= 4 is 24.1 Å². The van der Waals surface area contributed by atoms with Gasteiger partial charge in [0, 0.05) is 11.1 Å². The molecule has 0 unspecified atom stereocenters. The molecule has 146 valence electrons. The van der Waals surface area contributed by atoms with Gasteiger partial charge in [-0.15, -0.1) is 10.2 Å². The van der Waals surface area contributed by atoms with E-state index in [1.807, 2.05) is 62.4 Å². The van der Waals surface area contributed by atoms with Crippen LogP contribution >= 0.6 is 0 Å². The number of amidine groups is 2. The molecule has 0 spiro atoms. The zero-order valence-corrected chi connectivity index (χ0v) is 15.9. The van der Waals surface area contributed by atoms with Crippen molar-refractivity contribution in [2.45, 2.75) is 13.8 Å². The van der Waals surface area contributed by atoms with Gasteiger partial charge in [0.05, 0.1) is 25.6 Å². The molecule has 2 aromatic rings. The minimum Gasteiger partial charge on any atom is -0.493 e. The molecule has 8 nitrogen and oxygen atoms in total. The second-order valence-electron chi connectivity index (χ2n) is 5.40. The number of hydrogen-bond donors (Lipinski definition) is 2. The van der Waals surface area contributed by atoms with Crippen molar-refractivity contribution < 1.29 is 9.47 Å². The summed E-state index contributed by atoms with van der Waals surface area (Å²) in [5, 5.41) is 15.6. The minimum atomic E-state index is -0.0413. The van der Waals surface area contributed by atoms with Gasteiger partial charge < -0.3 is 20.9 Å². The third-order valence-corrected chi connectivity index (χ3v) is 3.42. The van der Waals surface area contributed by atoms with Crippen LogP contribution in [0.5, 0.6) is 11.5 Å². The summed E-state index contributed by atoms with van der Waals surface area (Å²) in [6.45, 7) is 4.93. The maximum absolute atomic E-state index is 5.79. The first kappa shape index (κ1) is 20.6. The van der Waals surface area contributed by atoms with Crippen molar-refractivity contribution in [1.29, 1.82) is 0 Å². The number of nitrogens with zero attached hydrogens (tertiary/aromatic N) is 4. The molecular weight excluding hydrogens is 356 g/mol. The zero-order chi connectivity index (χ0) is 20.2. The van der Waals surface area contributed by atoms with Crippen LogP contribution in [-0.4, -0.2) is 37.3 Å². The SMILES string of the molecule is CCOc1ccccc1C=NN=C(N)C(N)=NN=Cc1ccccc1OCC. The quantitative estimate of drug-likeness (QED) is 0.415. The Bertz CT molecular complexity index is 816. The van der Waals surface area contributed by atoms with E-state index in [-0.39, 0.29) is 11.7 Å². The van der Waals surface area contributed by atoms with Crippen LogP contribution in [0.25, 0.3) is 0 Å². The molecule has 0 aliphatic rings. The molecule has 0 saturated heterocycles. The van der Waals surface area contributed by atoms with Gasteiger partial charge >= 0.3 is 0 Å². The van der Waals surface area contributed by atoms with E-state index >= 15 is 0 Å². The van der Waals surface area contributed by atoms with Gasteiger partial charge in [0.1, 0.15) is 11.5 Å². The second-order valence-corrected chi connectivity index (χ2v) is 5.40. The molecule has 28 heavy (non-hydrogen) atoms. The summed E-state index contributed by atoms with van der Waals surface area (Å²) >= 11 is 0. The highest BCUT2D eigenvalue weighted by Gasteiger charge is 2.01. The summed E-state index contributed by atoms with van der Waals surface area (Å²) in [6, 6.07) is 14.9. The predicted octanol–water partition coefficient (Wildman–Crippen LogP) is 2.57. The smallest absolute Gasteiger partial charge is 0.190 e. The molecule has 0 aromatic heterocycles. The normalized spacial score (nSPS) is 12.6. The van der Waals surface area contributed by atoms with Crippen LogP contribution in [0.4, 0.5) is 0 Å². The van der Waals surface area contributed by atoms with Crippen LogP contribution in [0.1, 0.15) is 25.0 Å². The monoisotopic (exact) mass is 380 g/mol. The van der Waals surface area contributed by atoms with Crippen molar-refractivity contribution in [3.63, 3.8) is 0 Å². The van der Waals surface area contributed by atoms with Crippen LogP contribution in [0.15, 0.2) is 68.9 Å². The van der Waals surface area contributed by atoms with Gasteiger partial charge in [-0.25, -0.2) is 0 Å². The van der Waals surface area contributed by atoms with E-state index in [1.54, 1.807) is 0 Å². The Balaban J connectivity index is 2.06. The molecule has 0 saturated carbocycles. The topological polar surface area (TPSA) is 120 Å². The Kier molecular flexibility index (Phi) is 8.19. The zero-order valence-electron chi connectivity index (χ0n) is 15.9. The Morgan fingerprint density at radius 1 is 0.750 bits per heavy atom. The van der Waals surface area contributed by atoms with Crippen molar-refractivity contribution in [2.24, 2.45) is 31.9 Å². The molecule has 0 bridgehead atoms. The Hall–Kier alpha value is -3.68. The maximum Gasteiger partial charge on any atom is 0.190 e. The molecule has 0 fully saturated rings. The van der Waals surface area contributed by atoms with Crippen LogP contribution < -0.4 is 20.9 Å². The summed E-state index contributed by atoms with van der Waals surface area (Å²) in [5.74, 6) is 1.34. The van der Waals surface area contributed by atoms with E-state index in [4.69, 9.17) is 20.9 Å². The summed E-state index contributed by atoms with van der Waals surface area (Å²) in [4.78, 5) is 0. The Morgan fingerprint density at radius 3 is 1.54 bits per heavy atom. The third-order valence-electron chi connectivity index (χ3n) is 3.42. The van der Waals surface area contributed by atoms with Gasteiger partial charge in [0.15, 0.2) is 11.7 Å². The van der Waals surface area contributed by atoms with Crippen molar-refractivity contribution in [3.05, 3.63) is 59.7 Å². The highest BCUT2D eigenvalue weighted by Crippen LogP contribution is 2.16. The largest absolute Gasteiger partial charge is 0.493 e. The molecule has 0 heterocycles. The summed E-state index contributed by atoms with van der Waals surface area (Å²) < 4.78 is 11.0. The molecule has 4 N–H and O–H groups in total. The first-order valence-electron chi connectivity index (χ1n) is 8.82. The summed E-state index contributed by atoms with van der Waals surface area (Å²) in [7, 11) is 0. The molecule has 0 amide bonds. The Morgan fingerprint density at radius 2 is 1.14 bits per heavy atom. The standard InChI is InChI=1S/C20H24N6O2/c1-3-27-17-11-7-5-9-15(17)13-23-25-19(21)20(22)26-24-14-16-10-6-8-12-18(16)28-4-2/h5-14H,3-4H2,1-2H3,(H2,21,25)(H2,22,26). The molecule has 0 aliphatic heterocycles. The number of rotatable bonds is 8. The maximum atomic E-state index is 5.79.